The van der Waals surface area contributed by atoms with Gasteiger partial charge in [0, 0.05) is 11.3 Å². The van der Waals surface area contributed by atoms with E-state index in [0.29, 0.717) is 35.0 Å². The van der Waals surface area contributed by atoms with Crippen LogP contribution in [-0.4, -0.2) is 18.4 Å². The van der Waals surface area contributed by atoms with E-state index in [2.05, 4.69) is 16.7 Å². The molecule has 0 saturated heterocycles. The van der Waals surface area contributed by atoms with Crippen molar-refractivity contribution in [2.45, 2.75) is 13.5 Å². The van der Waals surface area contributed by atoms with E-state index in [0.717, 1.165) is 5.56 Å². The molecule has 1 heterocycles. The van der Waals surface area contributed by atoms with Crippen LogP contribution in [0.25, 0.3) is 0 Å². The van der Waals surface area contributed by atoms with Crippen molar-refractivity contribution in [3.8, 4) is 11.5 Å². The number of hydrogen-bond donors (Lipinski definition) is 2. The predicted octanol–water partition coefficient (Wildman–Crippen LogP) is 4.16. The fraction of sp³-hybridized carbons (Fsp3) is 0.130. The number of nitrogens with one attached hydrogen (secondary N) is 2. The second-order valence-corrected chi connectivity index (χ2v) is 6.81. The van der Waals surface area contributed by atoms with Crippen LogP contribution >= 0.6 is 0 Å². The van der Waals surface area contributed by atoms with Crippen LogP contribution in [0.2, 0.25) is 0 Å². The normalized spacial score (nSPS) is 12.4. The summed E-state index contributed by atoms with van der Waals surface area (Å²) in [5, 5.41) is 5.55. The van der Waals surface area contributed by atoms with E-state index in [4.69, 9.17) is 9.47 Å². The van der Waals surface area contributed by atoms with Crippen LogP contribution in [0.5, 0.6) is 11.5 Å². The molecule has 0 radical (unpaired) electrons. The molecule has 6 heteroatoms. The van der Waals surface area contributed by atoms with Crippen LogP contribution in [0, 0.1) is 6.92 Å². The first-order chi connectivity index (χ1) is 14.1. The van der Waals surface area contributed by atoms with Gasteiger partial charge < -0.3 is 20.1 Å². The minimum Gasteiger partial charge on any atom is -0.489 e. The Morgan fingerprint density at radius 2 is 1.97 bits per heavy atom. The van der Waals surface area contributed by atoms with Gasteiger partial charge in [-0.2, -0.15) is 0 Å². The molecule has 0 unspecified atom stereocenters. The first-order valence-corrected chi connectivity index (χ1v) is 9.23. The smallest absolute Gasteiger partial charge is 0.262 e. The summed E-state index contributed by atoms with van der Waals surface area (Å²) in [5.74, 6) is 0.702. The average molecular weight is 388 g/mol. The van der Waals surface area contributed by atoms with Gasteiger partial charge in [-0.3, -0.25) is 9.59 Å². The van der Waals surface area contributed by atoms with Gasteiger partial charge in [-0.05, 0) is 48.9 Å². The van der Waals surface area contributed by atoms with Gasteiger partial charge in [0.25, 0.3) is 11.8 Å². The van der Waals surface area contributed by atoms with Crippen molar-refractivity contribution in [2.24, 2.45) is 0 Å². The second-order valence-electron chi connectivity index (χ2n) is 6.81. The molecule has 1 aliphatic heterocycles. The average Bonchev–Trinajstić information content (AvgIpc) is 2.72. The number of amides is 2. The highest BCUT2D eigenvalue weighted by Gasteiger charge is 2.17. The van der Waals surface area contributed by atoms with E-state index >= 15 is 0 Å². The molecule has 29 heavy (non-hydrogen) atoms. The maximum atomic E-state index is 12.6. The monoisotopic (exact) mass is 388 g/mol. The molecule has 0 fully saturated rings. The number of rotatable bonds is 5. The molecule has 0 spiro atoms. The van der Waals surface area contributed by atoms with Crippen molar-refractivity contribution >= 4 is 23.2 Å². The zero-order valence-electron chi connectivity index (χ0n) is 15.9. The number of benzene rings is 3. The number of carbonyl (C=O) groups excluding carboxylic acids is 2. The lowest BCUT2D eigenvalue weighted by Crippen LogP contribution is -2.25. The van der Waals surface area contributed by atoms with Crippen molar-refractivity contribution < 1.29 is 19.1 Å². The summed E-state index contributed by atoms with van der Waals surface area (Å²) in [7, 11) is 0. The van der Waals surface area contributed by atoms with Gasteiger partial charge in [0.15, 0.2) is 6.61 Å². The SMILES string of the molecule is Cc1cccc(COc2cccc(C(=O)Nc3ccc4c(c3)NC(=O)CO4)c2)c1. The summed E-state index contributed by atoms with van der Waals surface area (Å²) in [4.78, 5) is 24.1. The van der Waals surface area contributed by atoms with E-state index in [1.807, 2.05) is 31.2 Å². The Balaban J connectivity index is 1.43. The summed E-state index contributed by atoms with van der Waals surface area (Å²) in [6.45, 7) is 2.46. The van der Waals surface area contributed by atoms with Gasteiger partial charge in [0.2, 0.25) is 0 Å². The second kappa shape index (κ2) is 8.06. The highest BCUT2D eigenvalue weighted by molar-refractivity contribution is 6.05. The third-order valence-corrected chi connectivity index (χ3v) is 4.45. The molecule has 2 N–H and O–H groups in total. The van der Waals surface area contributed by atoms with Crippen LogP contribution in [0.1, 0.15) is 21.5 Å². The van der Waals surface area contributed by atoms with E-state index in [9.17, 15) is 9.59 Å². The molecule has 0 bridgehead atoms. The topological polar surface area (TPSA) is 76.7 Å². The molecule has 0 aromatic heterocycles. The molecule has 1 aliphatic rings. The van der Waals surface area contributed by atoms with Crippen molar-refractivity contribution in [3.63, 3.8) is 0 Å². The zero-order chi connectivity index (χ0) is 20.2. The highest BCUT2D eigenvalue weighted by Crippen LogP contribution is 2.30. The lowest BCUT2D eigenvalue weighted by molar-refractivity contribution is -0.118. The Kier molecular flexibility index (Phi) is 5.16. The zero-order valence-corrected chi connectivity index (χ0v) is 15.9. The summed E-state index contributed by atoms with van der Waals surface area (Å²) in [6, 6.07) is 20.2. The summed E-state index contributed by atoms with van der Waals surface area (Å²) >= 11 is 0. The largest absolute Gasteiger partial charge is 0.489 e. The molecule has 0 aliphatic carbocycles. The van der Waals surface area contributed by atoms with E-state index < -0.39 is 0 Å². The van der Waals surface area contributed by atoms with Gasteiger partial charge >= 0.3 is 0 Å². The van der Waals surface area contributed by atoms with Gasteiger partial charge in [-0.25, -0.2) is 0 Å². The van der Waals surface area contributed by atoms with Crippen LogP contribution < -0.4 is 20.1 Å². The fourth-order valence-corrected chi connectivity index (χ4v) is 3.06. The van der Waals surface area contributed by atoms with E-state index in [1.165, 1.54) is 5.56 Å². The third-order valence-electron chi connectivity index (χ3n) is 4.45. The Labute approximate surface area is 168 Å². The number of carbonyl (C=O) groups is 2. The maximum Gasteiger partial charge on any atom is 0.262 e. The van der Waals surface area contributed by atoms with Gasteiger partial charge in [-0.1, -0.05) is 35.9 Å². The molecule has 3 aromatic carbocycles. The number of ether oxygens (including phenoxy) is 2. The van der Waals surface area contributed by atoms with E-state index in [1.54, 1.807) is 36.4 Å². The predicted molar refractivity (Wildman–Crippen MR) is 110 cm³/mol. The summed E-state index contributed by atoms with van der Waals surface area (Å²) in [5.41, 5.74) is 3.81. The van der Waals surface area contributed by atoms with Crippen molar-refractivity contribution in [3.05, 3.63) is 83.4 Å². The minimum absolute atomic E-state index is 0.00590. The molecule has 0 saturated carbocycles. The highest BCUT2D eigenvalue weighted by atomic mass is 16.5. The Hall–Kier alpha value is -3.80. The summed E-state index contributed by atoms with van der Waals surface area (Å²) in [6.07, 6.45) is 0. The van der Waals surface area contributed by atoms with Crippen molar-refractivity contribution in [1.82, 2.24) is 0 Å². The molecular formula is C23H20N2O4. The number of anilines is 2. The number of fused-ring (bicyclic) bond motifs is 1. The van der Waals surface area contributed by atoms with E-state index in [-0.39, 0.29) is 18.4 Å². The number of aryl methyl sites for hydroxylation is 1. The first-order valence-electron chi connectivity index (χ1n) is 9.23. The van der Waals surface area contributed by atoms with Gasteiger partial charge in [0.1, 0.15) is 18.1 Å². The molecule has 6 nitrogen and oxygen atoms in total. The van der Waals surface area contributed by atoms with Crippen LogP contribution in [0.4, 0.5) is 11.4 Å². The summed E-state index contributed by atoms with van der Waals surface area (Å²) < 4.78 is 11.2. The Morgan fingerprint density at radius 3 is 2.83 bits per heavy atom. The molecule has 146 valence electrons. The quantitative estimate of drug-likeness (QED) is 0.688. The Bertz CT molecular complexity index is 1080. The lowest BCUT2D eigenvalue weighted by Gasteiger charge is -2.18. The van der Waals surface area contributed by atoms with Crippen molar-refractivity contribution in [2.75, 3.05) is 17.2 Å². The molecule has 2 amide bonds. The third kappa shape index (κ3) is 4.55. The Morgan fingerprint density at radius 1 is 1.10 bits per heavy atom. The molecule has 0 atom stereocenters. The standard InChI is InChI=1S/C23H20N2O4/c1-15-4-2-5-16(10-15)13-28-19-7-3-6-17(11-19)23(27)24-18-8-9-21-20(12-18)25-22(26)14-29-21/h2-12H,13-14H2,1H3,(H,24,27)(H,25,26). The lowest BCUT2D eigenvalue weighted by atomic mass is 10.1. The van der Waals surface area contributed by atoms with Crippen LogP contribution in [0.15, 0.2) is 66.7 Å². The minimum atomic E-state index is -0.269. The molecule has 4 rings (SSSR count). The molecular weight excluding hydrogens is 368 g/mol. The number of hydrogen-bond acceptors (Lipinski definition) is 4. The molecule has 3 aromatic rings. The van der Waals surface area contributed by atoms with Gasteiger partial charge in [0.05, 0.1) is 5.69 Å². The van der Waals surface area contributed by atoms with Crippen LogP contribution in [0.3, 0.4) is 0 Å². The van der Waals surface area contributed by atoms with Gasteiger partial charge in [-0.15, -0.1) is 0 Å². The van der Waals surface area contributed by atoms with Crippen LogP contribution in [-0.2, 0) is 11.4 Å². The van der Waals surface area contributed by atoms with Crippen molar-refractivity contribution in [1.29, 1.82) is 0 Å². The first kappa shape index (κ1) is 18.6. The maximum absolute atomic E-state index is 12.6. The fourth-order valence-electron chi connectivity index (χ4n) is 3.06.